The molecule has 1 aromatic carbocycles. The summed E-state index contributed by atoms with van der Waals surface area (Å²) in [7, 11) is -3.81. The summed E-state index contributed by atoms with van der Waals surface area (Å²) < 4.78 is 98.4. The van der Waals surface area contributed by atoms with Gasteiger partial charge in [-0.05, 0) is 48.9 Å². The number of nitrogens with zero attached hydrogens (tertiary/aromatic N) is 2. The number of amides is 3. The minimum absolute atomic E-state index is 0.0309. The van der Waals surface area contributed by atoms with Gasteiger partial charge in [0.1, 0.15) is 12.1 Å². The zero-order valence-corrected chi connectivity index (χ0v) is 26.0. The second-order valence-electron chi connectivity index (χ2n) is 11.6. The van der Waals surface area contributed by atoms with Crippen LogP contribution in [0.15, 0.2) is 29.2 Å². The van der Waals surface area contributed by atoms with Crippen LogP contribution in [0.25, 0.3) is 0 Å². The van der Waals surface area contributed by atoms with E-state index >= 15 is 0 Å². The van der Waals surface area contributed by atoms with Gasteiger partial charge in [0.15, 0.2) is 0 Å². The van der Waals surface area contributed by atoms with Gasteiger partial charge in [0.2, 0.25) is 27.6 Å². The molecule has 0 aliphatic carbocycles. The van der Waals surface area contributed by atoms with Gasteiger partial charge in [-0.15, -0.1) is 0 Å². The number of hydrogen-bond donors (Lipinski definition) is 2. The third-order valence-corrected chi connectivity index (χ3v) is 9.61. The number of halogens is 5. The molecule has 2 aliphatic rings. The molecule has 11 nitrogen and oxygen atoms in total. The highest BCUT2D eigenvalue weighted by Crippen LogP contribution is 2.37. The van der Waals surface area contributed by atoms with Crippen LogP contribution in [0.3, 0.4) is 0 Å². The number of Topliss-reactive ketones (excluding diaryl/α,β-unsaturated/α-hetero) is 1. The highest BCUT2D eigenvalue weighted by atomic mass is 32.2. The van der Waals surface area contributed by atoms with Crippen LogP contribution in [0.5, 0.6) is 0 Å². The number of hydrogen-bond acceptors (Lipinski definition) is 7. The van der Waals surface area contributed by atoms with Gasteiger partial charge in [-0.3, -0.25) is 19.2 Å². The summed E-state index contributed by atoms with van der Waals surface area (Å²) in [5.41, 5.74) is 0.0500. The van der Waals surface area contributed by atoms with E-state index in [4.69, 9.17) is 4.74 Å². The number of morpholine rings is 1. The lowest BCUT2D eigenvalue weighted by Gasteiger charge is -2.32. The van der Waals surface area contributed by atoms with Crippen LogP contribution in [0.4, 0.5) is 22.0 Å². The molecule has 2 fully saturated rings. The summed E-state index contributed by atoms with van der Waals surface area (Å²) in [5, 5.41) is 4.58. The number of alkyl halides is 5. The number of ether oxygens (including phenoxy) is 1. The van der Waals surface area contributed by atoms with E-state index in [1.807, 2.05) is 5.32 Å². The first kappa shape index (κ1) is 36.3. The zero-order chi connectivity index (χ0) is 33.9. The number of ketones is 1. The monoisotopic (exact) mass is 668 g/mol. The van der Waals surface area contributed by atoms with E-state index in [1.54, 1.807) is 13.8 Å². The highest BCUT2D eigenvalue weighted by Gasteiger charge is 2.65. The molecule has 2 heterocycles. The van der Waals surface area contributed by atoms with E-state index in [2.05, 4.69) is 5.32 Å². The standard InChI is InChI=1S/C28H37F5N4O7S/c1-16(2)21(23(38)27(29,30)28(31,32)33)34-25(40)20-6-5-11-37(20)26(41)22(17(3)4)35-24(39)18-7-9-19(10-8-18)45(42,43)36-12-14-44-15-13-36/h7-10,16-17,20-22H,5-6,11-15H2,1-4H3,(H,34,40)(H,35,39)/t20-,21?,22-/m0/s1. The maximum atomic E-state index is 13.8. The van der Waals surface area contributed by atoms with Gasteiger partial charge in [-0.2, -0.15) is 26.3 Å². The van der Waals surface area contributed by atoms with Gasteiger partial charge < -0.3 is 20.3 Å². The topological polar surface area (TPSA) is 142 Å². The Bertz CT molecular complexity index is 1360. The molecule has 2 aliphatic heterocycles. The molecular formula is C28H37F5N4O7S. The van der Waals surface area contributed by atoms with Gasteiger partial charge in [0, 0.05) is 25.2 Å². The molecule has 2 N–H and O–H groups in total. The quantitative estimate of drug-likeness (QED) is 0.345. The van der Waals surface area contributed by atoms with E-state index in [-0.39, 0.29) is 49.7 Å². The number of carbonyl (C=O) groups excluding carboxylic acids is 4. The van der Waals surface area contributed by atoms with E-state index in [9.17, 15) is 49.5 Å². The van der Waals surface area contributed by atoms with Crippen LogP contribution in [-0.4, -0.2) is 104 Å². The molecule has 1 aromatic rings. The number of likely N-dealkylation sites (tertiary alicyclic amines) is 1. The van der Waals surface area contributed by atoms with Crippen molar-refractivity contribution in [2.24, 2.45) is 11.8 Å². The molecule has 252 valence electrons. The molecule has 2 saturated heterocycles. The van der Waals surface area contributed by atoms with E-state index in [0.29, 0.717) is 6.42 Å². The summed E-state index contributed by atoms with van der Waals surface area (Å²) in [6.45, 7) is 6.56. The SMILES string of the molecule is CC(C)C(NC(=O)[C@@H]1CCCN1C(=O)[C@@H](NC(=O)c1ccc(S(=O)(=O)N2CCOCC2)cc1)C(C)C)C(=O)C(F)(F)C(F)(F)F. The van der Waals surface area contributed by atoms with E-state index < -0.39 is 75.6 Å². The molecule has 1 unspecified atom stereocenters. The average Bonchev–Trinajstić information content (AvgIpc) is 3.47. The van der Waals surface area contributed by atoms with Crippen LogP contribution < -0.4 is 10.6 Å². The Kier molecular flexibility index (Phi) is 11.3. The first-order chi connectivity index (χ1) is 20.8. The first-order valence-electron chi connectivity index (χ1n) is 14.4. The fourth-order valence-electron chi connectivity index (χ4n) is 5.05. The molecule has 0 radical (unpaired) electrons. The number of sulfonamides is 1. The zero-order valence-electron chi connectivity index (χ0n) is 25.2. The summed E-state index contributed by atoms with van der Waals surface area (Å²) in [5.74, 6) is -12.3. The van der Waals surface area contributed by atoms with Crippen molar-refractivity contribution in [1.82, 2.24) is 19.8 Å². The minimum atomic E-state index is -6.16. The van der Waals surface area contributed by atoms with Gasteiger partial charge in [0.05, 0.1) is 24.2 Å². The predicted molar refractivity (Wildman–Crippen MR) is 150 cm³/mol. The van der Waals surface area contributed by atoms with Crippen molar-refractivity contribution in [1.29, 1.82) is 0 Å². The second kappa shape index (κ2) is 14.1. The van der Waals surface area contributed by atoms with Gasteiger partial charge >= 0.3 is 12.1 Å². The van der Waals surface area contributed by atoms with Crippen molar-refractivity contribution in [2.75, 3.05) is 32.8 Å². The maximum Gasteiger partial charge on any atom is 0.461 e. The normalized spacial score (nSPS) is 19.8. The number of benzene rings is 1. The molecule has 0 spiro atoms. The largest absolute Gasteiger partial charge is 0.461 e. The molecule has 3 amide bonds. The minimum Gasteiger partial charge on any atom is -0.379 e. The molecular weight excluding hydrogens is 631 g/mol. The lowest BCUT2D eigenvalue weighted by atomic mass is 9.95. The third-order valence-electron chi connectivity index (χ3n) is 7.69. The Labute approximate surface area is 257 Å². The highest BCUT2D eigenvalue weighted by molar-refractivity contribution is 7.89. The number of nitrogens with one attached hydrogen (secondary N) is 2. The Morgan fingerprint density at radius 1 is 0.867 bits per heavy atom. The number of rotatable bonds is 11. The van der Waals surface area contributed by atoms with Crippen molar-refractivity contribution in [2.45, 2.75) is 75.7 Å². The second-order valence-corrected chi connectivity index (χ2v) is 13.5. The van der Waals surface area contributed by atoms with Crippen LogP contribution >= 0.6 is 0 Å². The first-order valence-corrected chi connectivity index (χ1v) is 15.8. The lowest BCUT2D eigenvalue weighted by Crippen LogP contribution is -2.60. The Morgan fingerprint density at radius 2 is 1.42 bits per heavy atom. The van der Waals surface area contributed by atoms with Gasteiger partial charge in [-0.1, -0.05) is 27.7 Å². The Balaban J connectivity index is 1.73. The fraction of sp³-hybridized carbons (Fsp3) is 0.643. The van der Waals surface area contributed by atoms with Crippen molar-refractivity contribution >= 4 is 33.5 Å². The van der Waals surface area contributed by atoms with Gasteiger partial charge in [0.25, 0.3) is 5.91 Å². The van der Waals surface area contributed by atoms with Crippen LogP contribution in [0, 0.1) is 11.8 Å². The predicted octanol–water partition coefficient (Wildman–Crippen LogP) is 2.36. The molecule has 3 rings (SSSR count). The summed E-state index contributed by atoms with van der Waals surface area (Å²) in [4.78, 5) is 53.0. The van der Waals surface area contributed by atoms with Crippen molar-refractivity contribution in [3.63, 3.8) is 0 Å². The number of carbonyl (C=O) groups is 4. The molecule has 0 bridgehead atoms. The summed E-state index contributed by atoms with van der Waals surface area (Å²) in [6.07, 6.45) is -5.82. The molecule has 17 heteroatoms. The maximum absolute atomic E-state index is 13.8. The van der Waals surface area contributed by atoms with Crippen LogP contribution in [-0.2, 0) is 29.1 Å². The van der Waals surface area contributed by atoms with Crippen molar-refractivity contribution in [3.05, 3.63) is 29.8 Å². The average molecular weight is 669 g/mol. The van der Waals surface area contributed by atoms with Gasteiger partial charge in [-0.25, -0.2) is 8.42 Å². The van der Waals surface area contributed by atoms with E-state index in [1.165, 1.54) is 42.4 Å². The van der Waals surface area contributed by atoms with Crippen molar-refractivity contribution < 1.29 is 54.3 Å². The molecule has 3 atom stereocenters. The Morgan fingerprint density at radius 3 is 1.93 bits per heavy atom. The summed E-state index contributed by atoms with van der Waals surface area (Å²) >= 11 is 0. The molecule has 0 aromatic heterocycles. The van der Waals surface area contributed by atoms with Crippen LogP contribution in [0.2, 0.25) is 0 Å². The lowest BCUT2D eigenvalue weighted by molar-refractivity contribution is -0.270. The summed E-state index contributed by atoms with van der Waals surface area (Å²) in [6, 6.07) is 0.464. The van der Waals surface area contributed by atoms with E-state index in [0.717, 1.165) is 4.90 Å². The fourth-order valence-corrected chi connectivity index (χ4v) is 6.46. The van der Waals surface area contributed by atoms with Crippen LogP contribution in [0.1, 0.15) is 50.9 Å². The Hall–Kier alpha value is -3.18. The molecule has 0 saturated carbocycles. The van der Waals surface area contributed by atoms with Crippen molar-refractivity contribution in [3.8, 4) is 0 Å². The molecule has 45 heavy (non-hydrogen) atoms. The third kappa shape index (κ3) is 7.98. The smallest absolute Gasteiger partial charge is 0.379 e.